The molecule has 0 radical (unpaired) electrons. The lowest BCUT2D eigenvalue weighted by Crippen LogP contribution is -2.16. The van der Waals surface area contributed by atoms with Crippen LogP contribution in [0.1, 0.15) is 28.4 Å². The van der Waals surface area contributed by atoms with Gasteiger partial charge in [-0.15, -0.1) is 0 Å². The lowest BCUT2D eigenvalue weighted by atomic mass is 9.94. The minimum atomic E-state index is -3.90. The van der Waals surface area contributed by atoms with Crippen molar-refractivity contribution in [1.82, 2.24) is 0 Å². The number of fused-ring (bicyclic) bond motifs is 1. The van der Waals surface area contributed by atoms with E-state index in [4.69, 9.17) is 11.6 Å². The Labute approximate surface area is 145 Å². The van der Waals surface area contributed by atoms with Gasteiger partial charge in [-0.3, -0.25) is 4.79 Å². The van der Waals surface area contributed by atoms with Gasteiger partial charge in [-0.25, -0.2) is 0 Å². The van der Waals surface area contributed by atoms with Crippen molar-refractivity contribution in [3.63, 3.8) is 0 Å². The normalized spacial score (nSPS) is 16.0. The quantitative estimate of drug-likeness (QED) is 0.838. The molecule has 0 amide bonds. The fourth-order valence-electron chi connectivity index (χ4n) is 2.45. The van der Waals surface area contributed by atoms with Crippen LogP contribution in [0, 0.1) is 0 Å². The van der Waals surface area contributed by atoms with Crippen LogP contribution in [-0.2, 0) is 16.4 Å². The van der Waals surface area contributed by atoms with Crippen molar-refractivity contribution >= 4 is 33.1 Å². The van der Waals surface area contributed by atoms with Crippen LogP contribution < -0.4 is 0 Å². The Morgan fingerprint density at radius 3 is 2.25 bits per heavy atom. The maximum atomic E-state index is 12.6. The number of aryl methyl sites for hydroxylation is 1. The molecule has 0 heterocycles. The molecule has 0 fully saturated rings. The maximum Gasteiger partial charge on any atom is 0.282 e. The van der Waals surface area contributed by atoms with Gasteiger partial charge in [0.1, 0.15) is 0 Å². The summed E-state index contributed by atoms with van der Waals surface area (Å²) in [4.78, 5) is 12.2. The number of benzene rings is 2. The zero-order chi connectivity index (χ0) is 17.3. The third kappa shape index (κ3) is 3.05. The predicted octanol–water partition coefficient (Wildman–Crippen LogP) is 3.75. The topological polar surface area (TPSA) is 63.6 Å². The lowest BCUT2D eigenvalue weighted by Gasteiger charge is -2.14. The highest BCUT2D eigenvalue weighted by atomic mass is 35.5. The standard InChI is InChI=1S/C18H14ClNO3S/c1-2-12-7-9-13(10-8-12)24(22,23)20-17-11-16(19)18(21)15-6-4-3-5-14(15)17/h3-11H,2H2,1H3/b20-17-. The second-order valence-corrected chi connectivity index (χ2v) is 7.33. The number of hydrogen-bond donors (Lipinski definition) is 0. The molecule has 0 N–H and O–H groups in total. The number of halogens is 1. The van der Waals surface area contributed by atoms with Gasteiger partial charge in [0.15, 0.2) is 0 Å². The van der Waals surface area contributed by atoms with E-state index in [0.29, 0.717) is 11.1 Å². The van der Waals surface area contributed by atoms with Gasteiger partial charge in [-0.1, -0.05) is 54.9 Å². The summed E-state index contributed by atoms with van der Waals surface area (Å²) in [5.41, 5.74) is 2.01. The Bertz CT molecular complexity index is 974. The number of hydrogen-bond acceptors (Lipinski definition) is 3. The van der Waals surface area contributed by atoms with Crippen molar-refractivity contribution in [1.29, 1.82) is 0 Å². The molecule has 0 saturated carbocycles. The highest BCUT2D eigenvalue weighted by molar-refractivity contribution is 7.90. The van der Waals surface area contributed by atoms with Crippen LogP contribution in [0.25, 0.3) is 0 Å². The van der Waals surface area contributed by atoms with E-state index in [1.165, 1.54) is 18.2 Å². The molecular weight excluding hydrogens is 346 g/mol. The summed E-state index contributed by atoms with van der Waals surface area (Å²) in [5.74, 6) is -0.337. The molecule has 2 aromatic rings. The number of rotatable bonds is 3. The molecule has 0 unspecified atom stereocenters. The number of ketones is 1. The van der Waals surface area contributed by atoms with Crippen LogP contribution in [0.3, 0.4) is 0 Å². The number of carbonyl (C=O) groups excluding carboxylic acids is 1. The van der Waals surface area contributed by atoms with E-state index < -0.39 is 10.0 Å². The Balaban J connectivity index is 2.10. The van der Waals surface area contributed by atoms with Crippen LogP contribution >= 0.6 is 11.6 Å². The number of sulfonamides is 1. The SMILES string of the molecule is CCc1ccc(S(=O)(=O)/N=C2/C=C(Cl)C(=O)c3ccccc32)cc1. The van der Waals surface area contributed by atoms with Crippen molar-refractivity contribution in [2.45, 2.75) is 18.2 Å². The molecule has 3 rings (SSSR count). The summed E-state index contributed by atoms with van der Waals surface area (Å²) >= 11 is 5.94. The first kappa shape index (κ1) is 16.6. The molecule has 122 valence electrons. The fourth-order valence-corrected chi connectivity index (χ4v) is 3.65. The molecule has 0 atom stereocenters. The van der Waals surface area contributed by atoms with Gasteiger partial charge in [-0.05, 0) is 30.2 Å². The van der Waals surface area contributed by atoms with E-state index >= 15 is 0 Å². The Kier molecular flexibility index (Phi) is 4.39. The maximum absolute atomic E-state index is 12.6. The summed E-state index contributed by atoms with van der Waals surface area (Å²) in [5, 5.41) is -0.0519. The van der Waals surface area contributed by atoms with Gasteiger partial charge in [-0.2, -0.15) is 12.8 Å². The molecule has 1 aliphatic carbocycles. The molecule has 0 bridgehead atoms. The molecule has 6 heteroatoms. The first-order valence-corrected chi connectivity index (χ1v) is 9.19. The van der Waals surface area contributed by atoms with Gasteiger partial charge in [0.05, 0.1) is 15.6 Å². The monoisotopic (exact) mass is 359 g/mol. The fraction of sp³-hybridized carbons (Fsp3) is 0.111. The Morgan fingerprint density at radius 1 is 1.00 bits per heavy atom. The average molecular weight is 360 g/mol. The van der Waals surface area contributed by atoms with Crippen LogP contribution in [0.15, 0.2) is 68.9 Å². The van der Waals surface area contributed by atoms with Gasteiger partial charge in [0.25, 0.3) is 10.0 Å². The van der Waals surface area contributed by atoms with Crippen LogP contribution in [0.4, 0.5) is 0 Å². The second kappa shape index (κ2) is 6.34. The highest BCUT2D eigenvalue weighted by Crippen LogP contribution is 2.25. The number of carbonyl (C=O) groups is 1. The first-order valence-electron chi connectivity index (χ1n) is 7.37. The van der Waals surface area contributed by atoms with E-state index in [1.807, 2.05) is 6.92 Å². The van der Waals surface area contributed by atoms with E-state index in [1.54, 1.807) is 36.4 Å². The van der Waals surface area contributed by atoms with E-state index in [2.05, 4.69) is 4.40 Å². The molecule has 2 aromatic carbocycles. The summed E-state index contributed by atoms with van der Waals surface area (Å²) in [6.07, 6.45) is 2.12. The van der Waals surface area contributed by atoms with Gasteiger partial charge >= 0.3 is 0 Å². The highest BCUT2D eigenvalue weighted by Gasteiger charge is 2.24. The predicted molar refractivity (Wildman–Crippen MR) is 94.3 cm³/mol. The minimum Gasteiger partial charge on any atom is -0.288 e. The Morgan fingerprint density at radius 2 is 1.62 bits per heavy atom. The van der Waals surface area contributed by atoms with Crippen molar-refractivity contribution < 1.29 is 13.2 Å². The van der Waals surface area contributed by atoms with Crippen molar-refractivity contribution in [3.05, 3.63) is 76.3 Å². The largest absolute Gasteiger partial charge is 0.288 e. The molecule has 0 aliphatic heterocycles. The molecular formula is C18H14ClNO3S. The van der Waals surface area contributed by atoms with E-state index in [0.717, 1.165) is 12.0 Å². The zero-order valence-corrected chi connectivity index (χ0v) is 14.4. The molecule has 1 aliphatic rings. The van der Waals surface area contributed by atoms with Crippen LogP contribution in [0.2, 0.25) is 0 Å². The Hall–Kier alpha value is -2.24. The number of nitrogens with zero attached hydrogens (tertiary/aromatic N) is 1. The minimum absolute atomic E-state index is 0.0519. The van der Waals surface area contributed by atoms with Crippen molar-refractivity contribution in [3.8, 4) is 0 Å². The molecule has 0 saturated heterocycles. The van der Waals surface area contributed by atoms with Gasteiger partial charge < -0.3 is 0 Å². The molecule has 0 aromatic heterocycles. The third-order valence-electron chi connectivity index (χ3n) is 3.78. The summed E-state index contributed by atoms with van der Waals surface area (Å²) in [7, 11) is -3.90. The first-order chi connectivity index (χ1) is 11.4. The summed E-state index contributed by atoms with van der Waals surface area (Å²) in [6, 6.07) is 13.3. The van der Waals surface area contributed by atoms with Gasteiger partial charge in [0, 0.05) is 11.1 Å². The molecule has 0 spiro atoms. The van der Waals surface area contributed by atoms with E-state index in [-0.39, 0.29) is 21.4 Å². The molecule has 24 heavy (non-hydrogen) atoms. The smallest absolute Gasteiger partial charge is 0.282 e. The second-order valence-electron chi connectivity index (χ2n) is 5.32. The summed E-state index contributed by atoms with van der Waals surface area (Å²) < 4.78 is 29.0. The molecule has 4 nitrogen and oxygen atoms in total. The van der Waals surface area contributed by atoms with Crippen LogP contribution in [-0.4, -0.2) is 19.9 Å². The lowest BCUT2D eigenvalue weighted by molar-refractivity contribution is 0.104. The van der Waals surface area contributed by atoms with Crippen molar-refractivity contribution in [2.75, 3.05) is 0 Å². The van der Waals surface area contributed by atoms with Crippen molar-refractivity contribution in [2.24, 2.45) is 4.40 Å². The van der Waals surface area contributed by atoms with Gasteiger partial charge in [0.2, 0.25) is 5.78 Å². The summed E-state index contributed by atoms with van der Waals surface area (Å²) in [6.45, 7) is 1.99. The van der Waals surface area contributed by atoms with E-state index in [9.17, 15) is 13.2 Å². The van der Waals surface area contributed by atoms with Crippen LogP contribution in [0.5, 0.6) is 0 Å². The third-order valence-corrected chi connectivity index (χ3v) is 5.36. The average Bonchev–Trinajstić information content (AvgIpc) is 2.59. The number of allylic oxidation sites excluding steroid dienone is 2. The number of Topliss-reactive ketones (excluding diaryl/α,β-unsaturated/α-hetero) is 1. The zero-order valence-electron chi connectivity index (χ0n) is 12.9.